The smallest absolute Gasteiger partial charge is 0.303 e. The summed E-state index contributed by atoms with van der Waals surface area (Å²) in [5, 5.41) is 10.9. The van der Waals surface area contributed by atoms with E-state index in [1.54, 1.807) is 0 Å². The molecule has 0 heterocycles. The minimum absolute atomic E-state index is 0.0633. The number of ether oxygens (including phenoxy) is 1. The monoisotopic (exact) mass is 280 g/mol. The first-order valence-electron chi connectivity index (χ1n) is 8.02. The number of hydrogen-bond acceptors (Lipinski definition) is 3. The number of carbonyl (C=O) groups excluding carboxylic acids is 1. The van der Waals surface area contributed by atoms with Crippen LogP contribution in [0.1, 0.15) is 60.3 Å². The van der Waals surface area contributed by atoms with Crippen LogP contribution in [-0.4, -0.2) is 22.8 Å². The van der Waals surface area contributed by atoms with Crippen LogP contribution in [0.2, 0.25) is 0 Å². The van der Waals surface area contributed by atoms with Crippen molar-refractivity contribution in [1.82, 2.24) is 0 Å². The summed E-state index contributed by atoms with van der Waals surface area (Å²) >= 11 is 0. The summed E-state index contributed by atoms with van der Waals surface area (Å²) in [5.41, 5.74) is -0.315. The van der Waals surface area contributed by atoms with Gasteiger partial charge in [-0.05, 0) is 43.4 Å². The first-order valence-corrected chi connectivity index (χ1v) is 8.02. The van der Waals surface area contributed by atoms with Crippen LogP contribution < -0.4 is 0 Å². The Balaban J connectivity index is 2.05. The Kier molecular flexibility index (Phi) is 2.87. The quantitative estimate of drug-likeness (QED) is 0.751. The zero-order valence-corrected chi connectivity index (χ0v) is 13.4. The highest BCUT2D eigenvalue weighted by atomic mass is 16.6. The third kappa shape index (κ3) is 1.53. The minimum atomic E-state index is -0.510. The van der Waals surface area contributed by atoms with Crippen molar-refractivity contribution in [2.24, 2.45) is 28.6 Å². The molecule has 20 heavy (non-hydrogen) atoms. The largest absolute Gasteiger partial charge is 0.459 e. The Morgan fingerprint density at radius 1 is 1.15 bits per heavy atom. The molecule has 114 valence electrons. The second kappa shape index (κ2) is 4.00. The van der Waals surface area contributed by atoms with E-state index in [2.05, 4.69) is 20.8 Å². The summed E-state index contributed by atoms with van der Waals surface area (Å²) < 4.78 is 5.71. The van der Waals surface area contributed by atoms with Gasteiger partial charge in [0.2, 0.25) is 0 Å². The molecule has 0 aromatic rings. The lowest BCUT2D eigenvalue weighted by molar-refractivity contribution is -0.181. The highest BCUT2D eigenvalue weighted by molar-refractivity contribution is 5.66. The highest BCUT2D eigenvalue weighted by Crippen LogP contribution is 2.73. The molecule has 6 atom stereocenters. The number of aliphatic hydroxyl groups excluding tert-OH is 1. The van der Waals surface area contributed by atoms with E-state index in [1.165, 1.54) is 19.8 Å². The zero-order valence-electron chi connectivity index (χ0n) is 13.4. The van der Waals surface area contributed by atoms with E-state index in [0.29, 0.717) is 24.2 Å². The van der Waals surface area contributed by atoms with E-state index >= 15 is 0 Å². The number of esters is 1. The summed E-state index contributed by atoms with van der Waals surface area (Å²) in [6, 6.07) is 0. The second-order valence-corrected chi connectivity index (χ2v) is 8.35. The molecule has 3 rings (SSSR count). The van der Waals surface area contributed by atoms with Crippen LogP contribution in [0.5, 0.6) is 0 Å². The number of hydrogen-bond donors (Lipinski definition) is 1. The second-order valence-electron chi connectivity index (χ2n) is 8.35. The topological polar surface area (TPSA) is 46.5 Å². The molecule has 0 saturated heterocycles. The van der Waals surface area contributed by atoms with Gasteiger partial charge in [0.25, 0.3) is 0 Å². The van der Waals surface area contributed by atoms with Crippen molar-refractivity contribution in [1.29, 1.82) is 0 Å². The van der Waals surface area contributed by atoms with Crippen molar-refractivity contribution >= 4 is 5.97 Å². The van der Waals surface area contributed by atoms with E-state index in [0.717, 1.165) is 6.42 Å². The number of aliphatic hydroxyl groups is 1. The van der Waals surface area contributed by atoms with Gasteiger partial charge in [-0.2, -0.15) is 0 Å². The van der Waals surface area contributed by atoms with Crippen LogP contribution in [-0.2, 0) is 9.53 Å². The fourth-order valence-electron chi connectivity index (χ4n) is 6.42. The molecule has 0 aromatic carbocycles. The van der Waals surface area contributed by atoms with Crippen molar-refractivity contribution in [2.75, 3.05) is 0 Å². The van der Waals surface area contributed by atoms with E-state index in [4.69, 9.17) is 4.74 Å². The molecule has 0 radical (unpaired) electrons. The SMILES string of the molecule is CC(=O)O[C@]1(C)C[C@H](O)[C@@]23C[C@H]1C(C)(C)[C@@H]2CC[C@H]3C. The lowest BCUT2D eigenvalue weighted by Gasteiger charge is -2.49. The number of rotatable bonds is 1. The fourth-order valence-corrected chi connectivity index (χ4v) is 6.42. The fraction of sp³-hybridized carbons (Fsp3) is 0.941. The predicted octanol–water partition coefficient (Wildman–Crippen LogP) is 3.15. The van der Waals surface area contributed by atoms with E-state index in [-0.39, 0.29) is 22.9 Å². The standard InChI is InChI=1S/C17H28O3/c1-10-6-7-12-15(3,4)13-8-17(10,12)14(19)9-16(13,5)20-11(2)18/h10,12-14,19H,6-9H2,1-5H3/t10-,12+,13+,14+,16-,17-/m1/s1. The van der Waals surface area contributed by atoms with E-state index < -0.39 is 5.60 Å². The molecule has 0 unspecified atom stereocenters. The maximum absolute atomic E-state index is 11.5. The average molecular weight is 280 g/mol. The van der Waals surface area contributed by atoms with E-state index in [9.17, 15) is 9.90 Å². The highest BCUT2D eigenvalue weighted by Gasteiger charge is 2.72. The van der Waals surface area contributed by atoms with Gasteiger partial charge in [0.1, 0.15) is 5.60 Å². The third-order valence-electron chi connectivity index (χ3n) is 7.14. The van der Waals surface area contributed by atoms with Crippen LogP contribution in [0.4, 0.5) is 0 Å². The normalized spacial score (nSPS) is 52.7. The van der Waals surface area contributed by atoms with Gasteiger partial charge in [0.05, 0.1) is 6.10 Å². The molecular weight excluding hydrogens is 252 g/mol. The molecule has 3 aliphatic carbocycles. The summed E-state index contributed by atoms with van der Waals surface area (Å²) in [5.74, 6) is 1.27. The first kappa shape index (κ1) is 14.4. The molecule has 3 fully saturated rings. The molecule has 3 nitrogen and oxygen atoms in total. The Bertz CT molecular complexity index is 444. The van der Waals surface area contributed by atoms with Gasteiger partial charge in [-0.25, -0.2) is 0 Å². The third-order valence-corrected chi connectivity index (χ3v) is 7.14. The Morgan fingerprint density at radius 2 is 1.80 bits per heavy atom. The number of carbonyl (C=O) groups is 1. The molecule has 2 bridgehead atoms. The van der Waals surface area contributed by atoms with Crippen molar-refractivity contribution < 1.29 is 14.6 Å². The summed E-state index contributed by atoms with van der Waals surface area (Å²) in [4.78, 5) is 11.5. The predicted molar refractivity (Wildman–Crippen MR) is 77.0 cm³/mol. The minimum Gasteiger partial charge on any atom is -0.459 e. The van der Waals surface area contributed by atoms with Crippen LogP contribution >= 0.6 is 0 Å². The molecule has 0 amide bonds. The van der Waals surface area contributed by atoms with Gasteiger partial charge in [-0.1, -0.05) is 20.8 Å². The zero-order chi connectivity index (χ0) is 14.9. The van der Waals surface area contributed by atoms with Gasteiger partial charge in [-0.15, -0.1) is 0 Å². The lowest BCUT2D eigenvalue weighted by Crippen LogP contribution is -2.52. The van der Waals surface area contributed by atoms with Gasteiger partial charge < -0.3 is 9.84 Å². The van der Waals surface area contributed by atoms with E-state index in [1.807, 2.05) is 6.92 Å². The molecule has 0 aliphatic heterocycles. The Hall–Kier alpha value is -0.570. The molecule has 0 aromatic heterocycles. The first-order chi connectivity index (χ1) is 9.14. The van der Waals surface area contributed by atoms with Crippen molar-refractivity contribution in [3.63, 3.8) is 0 Å². The Labute approximate surface area is 122 Å². The Morgan fingerprint density at radius 3 is 2.40 bits per heavy atom. The average Bonchev–Trinajstić information content (AvgIpc) is 2.71. The van der Waals surface area contributed by atoms with Gasteiger partial charge in [0.15, 0.2) is 0 Å². The van der Waals surface area contributed by atoms with Gasteiger partial charge in [-0.3, -0.25) is 4.79 Å². The molecule has 1 spiro atoms. The van der Waals surface area contributed by atoms with Crippen LogP contribution in [0.25, 0.3) is 0 Å². The maximum Gasteiger partial charge on any atom is 0.303 e. The molecular formula is C17H28O3. The van der Waals surface area contributed by atoms with Crippen LogP contribution in [0, 0.1) is 28.6 Å². The van der Waals surface area contributed by atoms with Crippen molar-refractivity contribution in [3.8, 4) is 0 Å². The van der Waals surface area contributed by atoms with Gasteiger partial charge in [0, 0.05) is 24.7 Å². The maximum atomic E-state index is 11.5. The van der Waals surface area contributed by atoms with Crippen LogP contribution in [0.3, 0.4) is 0 Å². The summed E-state index contributed by atoms with van der Waals surface area (Å²) in [6.45, 7) is 10.5. The van der Waals surface area contributed by atoms with Crippen LogP contribution in [0.15, 0.2) is 0 Å². The molecule has 3 saturated carbocycles. The molecule has 3 heteroatoms. The van der Waals surface area contributed by atoms with Gasteiger partial charge >= 0.3 is 5.97 Å². The van der Waals surface area contributed by atoms with Crippen molar-refractivity contribution in [3.05, 3.63) is 0 Å². The summed E-state index contributed by atoms with van der Waals surface area (Å²) in [6.07, 6.45) is 3.70. The molecule has 1 N–H and O–H groups in total. The summed E-state index contributed by atoms with van der Waals surface area (Å²) in [7, 11) is 0. The van der Waals surface area contributed by atoms with Crippen molar-refractivity contribution in [2.45, 2.75) is 72.0 Å². The number of fused-ring (bicyclic) bond motifs is 1. The molecule has 3 aliphatic rings. The lowest BCUT2D eigenvalue weighted by atomic mass is 9.62.